The summed E-state index contributed by atoms with van der Waals surface area (Å²) in [5.41, 5.74) is 5.73. The van der Waals surface area contributed by atoms with Crippen molar-refractivity contribution in [2.45, 2.75) is 0 Å². The van der Waals surface area contributed by atoms with Crippen LogP contribution in [0.1, 0.15) is 0 Å². The van der Waals surface area contributed by atoms with E-state index in [4.69, 9.17) is 15.2 Å². The van der Waals surface area contributed by atoms with E-state index in [0.717, 1.165) is 0 Å². The van der Waals surface area contributed by atoms with Crippen LogP contribution in [0.15, 0.2) is 10.5 Å². The smallest absolute Gasteiger partial charge is 0.315 e. The summed E-state index contributed by atoms with van der Waals surface area (Å²) in [4.78, 5) is 10.2. The Kier molecular flexibility index (Phi) is 3.35. The predicted octanol–water partition coefficient (Wildman–Crippen LogP) is 1.96. The Labute approximate surface area is 94.2 Å². The Morgan fingerprint density at radius 2 is 2.07 bits per heavy atom. The number of rotatable bonds is 3. The van der Waals surface area contributed by atoms with Crippen LogP contribution in [0.5, 0.6) is 11.5 Å². The molecule has 0 aliphatic rings. The second-order valence-corrected chi connectivity index (χ2v) is 3.41. The van der Waals surface area contributed by atoms with Crippen molar-refractivity contribution in [3.63, 3.8) is 0 Å². The first-order valence-corrected chi connectivity index (χ1v) is 4.66. The SMILES string of the molecule is COc1cc([N+](=O)[O-])c(OC)c(Br)c1N. The molecular formula is C8H9BrN2O4. The molecule has 0 fully saturated rings. The van der Waals surface area contributed by atoms with Gasteiger partial charge in [-0.05, 0) is 15.9 Å². The minimum atomic E-state index is -0.564. The Balaban J connectivity index is 3.51. The van der Waals surface area contributed by atoms with Crippen molar-refractivity contribution in [2.24, 2.45) is 0 Å². The molecule has 0 radical (unpaired) electrons. The molecule has 1 aromatic carbocycles. The van der Waals surface area contributed by atoms with Gasteiger partial charge in [-0.2, -0.15) is 0 Å². The number of nitrogens with two attached hydrogens (primary N) is 1. The Hall–Kier alpha value is -1.50. The highest BCUT2D eigenvalue weighted by Crippen LogP contribution is 2.44. The lowest BCUT2D eigenvalue weighted by Gasteiger charge is -2.10. The fourth-order valence-corrected chi connectivity index (χ4v) is 1.67. The molecule has 0 spiro atoms. The van der Waals surface area contributed by atoms with Gasteiger partial charge in [0, 0.05) is 0 Å². The second-order valence-electron chi connectivity index (χ2n) is 2.62. The Bertz CT molecular complexity index is 408. The molecule has 82 valence electrons. The highest BCUT2D eigenvalue weighted by molar-refractivity contribution is 9.10. The lowest BCUT2D eigenvalue weighted by molar-refractivity contribution is -0.385. The highest BCUT2D eigenvalue weighted by atomic mass is 79.9. The molecule has 0 aliphatic heterocycles. The van der Waals surface area contributed by atoms with E-state index in [2.05, 4.69) is 15.9 Å². The number of nitro benzene ring substituents is 1. The quantitative estimate of drug-likeness (QED) is 0.518. The molecule has 0 aromatic heterocycles. The van der Waals surface area contributed by atoms with Gasteiger partial charge in [-0.25, -0.2) is 0 Å². The fraction of sp³-hybridized carbons (Fsp3) is 0.250. The molecule has 1 rings (SSSR count). The van der Waals surface area contributed by atoms with E-state index < -0.39 is 4.92 Å². The van der Waals surface area contributed by atoms with E-state index in [1.807, 2.05) is 0 Å². The number of anilines is 1. The maximum Gasteiger partial charge on any atom is 0.315 e. The Morgan fingerprint density at radius 1 is 1.47 bits per heavy atom. The first-order chi connectivity index (χ1) is 7.02. The monoisotopic (exact) mass is 276 g/mol. The van der Waals surface area contributed by atoms with Crippen LogP contribution >= 0.6 is 15.9 Å². The molecule has 7 heteroatoms. The number of ether oxygens (including phenoxy) is 2. The molecule has 6 nitrogen and oxygen atoms in total. The summed E-state index contributed by atoms with van der Waals surface area (Å²) in [6.07, 6.45) is 0. The molecule has 0 saturated carbocycles. The van der Waals surface area contributed by atoms with Crippen LogP contribution < -0.4 is 15.2 Å². The van der Waals surface area contributed by atoms with Crippen LogP contribution in [0.3, 0.4) is 0 Å². The summed E-state index contributed by atoms with van der Waals surface area (Å²) >= 11 is 3.12. The van der Waals surface area contributed by atoms with E-state index in [1.54, 1.807) is 0 Å². The first kappa shape index (κ1) is 11.6. The zero-order chi connectivity index (χ0) is 11.6. The zero-order valence-electron chi connectivity index (χ0n) is 8.11. The molecule has 0 aliphatic carbocycles. The van der Waals surface area contributed by atoms with Crippen LogP contribution in [-0.2, 0) is 0 Å². The summed E-state index contributed by atoms with van der Waals surface area (Å²) < 4.78 is 10.1. The van der Waals surface area contributed by atoms with Gasteiger partial charge in [0.25, 0.3) is 0 Å². The van der Waals surface area contributed by atoms with Crippen LogP contribution in [0, 0.1) is 10.1 Å². The normalized spacial score (nSPS) is 9.80. The van der Waals surface area contributed by atoms with Gasteiger partial charge in [-0.1, -0.05) is 0 Å². The minimum Gasteiger partial charge on any atom is -0.494 e. The van der Waals surface area contributed by atoms with Gasteiger partial charge >= 0.3 is 5.69 Å². The molecule has 0 saturated heterocycles. The number of nitrogen functional groups attached to an aromatic ring is 1. The van der Waals surface area contributed by atoms with Crippen LogP contribution in [0.25, 0.3) is 0 Å². The molecule has 2 N–H and O–H groups in total. The van der Waals surface area contributed by atoms with E-state index in [1.165, 1.54) is 20.3 Å². The van der Waals surface area contributed by atoms with Crippen molar-refractivity contribution in [2.75, 3.05) is 20.0 Å². The molecule has 0 bridgehead atoms. The standard InChI is InChI=1S/C8H9BrN2O4/c1-14-5-3-4(11(12)13)8(15-2)6(9)7(5)10/h3H,10H2,1-2H3. The number of nitro groups is 1. The van der Waals surface area contributed by atoms with Crippen LogP contribution in [0.4, 0.5) is 11.4 Å². The average molecular weight is 277 g/mol. The molecular weight excluding hydrogens is 268 g/mol. The molecule has 0 unspecified atom stereocenters. The summed E-state index contributed by atoms with van der Waals surface area (Å²) in [5, 5.41) is 10.7. The third-order valence-electron chi connectivity index (χ3n) is 1.82. The number of halogens is 1. The fourth-order valence-electron chi connectivity index (χ4n) is 1.11. The second kappa shape index (κ2) is 4.35. The van der Waals surface area contributed by atoms with Crippen molar-refractivity contribution in [3.05, 3.63) is 20.7 Å². The third-order valence-corrected chi connectivity index (χ3v) is 2.61. The van der Waals surface area contributed by atoms with Crippen LogP contribution in [-0.4, -0.2) is 19.1 Å². The van der Waals surface area contributed by atoms with E-state index in [-0.39, 0.29) is 22.9 Å². The number of nitrogens with zero attached hydrogens (tertiary/aromatic N) is 1. The van der Waals surface area contributed by atoms with Gasteiger partial charge in [0.15, 0.2) is 0 Å². The van der Waals surface area contributed by atoms with Gasteiger partial charge in [0.2, 0.25) is 5.75 Å². The summed E-state index contributed by atoms with van der Waals surface area (Å²) in [5.74, 6) is 0.313. The van der Waals surface area contributed by atoms with Crippen molar-refractivity contribution < 1.29 is 14.4 Å². The number of methoxy groups -OCH3 is 2. The lowest BCUT2D eigenvalue weighted by atomic mass is 10.2. The van der Waals surface area contributed by atoms with Crippen molar-refractivity contribution in [3.8, 4) is 11.5 Å². The van der Waals surface area contributed by atoms with Crippen molar-refractivity contribution in [1.82, 2.24) is 0 Å². The van der Waals surface area contributed by atoms with Gasteiger partial charge in [0.1, 0.15) is 5.75 Å². The summed E-state index contributed by atoms with van der Waals surface area (Å²) in [6, 6.07) is 1.22. The van der Waals surface area contributed by atoms with E-state index >= 15 is 0 Å². The average Bonchev–Trinajstić information content (AvgIpc) is 2.21. The molecule has 0 amide bonds. The van der Waals surface area contributed by atoms with Gasteiger partial charge in [0.05, 0.1) is 35.4 Å². The molecule has 0 heterocycles. The maximum absolute atomic E-state index is 10.7. The largest absolute Gasteiger partial charge is 0.494 e. The van der Waals surface area contributed by atoms with Crippen LogP contribution in [0.2, 0.25) is 0 Å². The molecule has 15 heavy (non-hydrogen) atoms. The van der Waals surface area contributed by atoms with Gasteiger partial charge in [-0.3, -0.25) is 10.1 Å². The highest BCUT2D eigenvalue weighted by Gasteiger charge is 2.23. The number of benzene rings is 1. The van der Waals surface area contributed by atoms with E-state index in [0.29, 0.717) is 4.47 Å². The maximum atomic E-state index is 10.7. The first-order valence-electron chi connectivity index (χ1n) is 3.87. The van der Waals surface area contributed by atoms with Crippen molar-refractivity contribution in [1.29, 1.82) is 0 Å². The molecule has 0 atom stereocenters. The minimum absolute atomic E-state index is 0.0818. The lowest BCUT2D eigenvalue weighted by Crippen LogP contribution is -2.00. The summed E-state index contributed by atoms with van der Waals surface area (Å²) in [7, 11) is 2.72. The predicted molar refractivity (Wildman–Crippen MR) is 58.3 cm³/mol. The van der Waals surface area contributed by atoms with Crippen molar-refractivity contribution >= 4 is 27.3 Å². The Morgan fingerprint density at radius 3 is 2.47 bits per heavy atom. The van der Waals surface area contributed by atoms with E-state index in [9.17, 15) is 10.1 Å². The van der Waals surface area contributed by atoms with Gasteiger partial charge in [-0.15, -0.1) is 0 Å². The summed E-state index contributed by atoms with van der Waals surface area (Å²) in [6.45, 7) is 0. The molecule has 1 aromatic rings. The zero-order valence-corrected chi connectivity index (χ0v) is 9.70. The topological polar surface area (TPSA) is 87.6 Å². The number of hydrogen-bond donors (Lipinski definition) is 1. The third kappa shape index (κ3) is 1.96. The van der Waals surface area contributed by atoms with Gasteiger partial charge < -0.3 is 15.2 Å². The number of hydrogen-bond acceptors (Lipinski definition) is 5.